The van der Waals surface area contributed by atoms with Gasteiger partial charge in [-0.05, 0) is 18.2 Å². The van der Waals surface area contributed by atoms with E-state index in [4.69, 9.17) is 4.74 Å². The molecule has 1 amide bonds. The molecule has 0 atom stereocenters. The van der Waals surface area contributed by atoms with Crippen LogP contribution in [0.4, 0.5) is 0 Å². The summed E-state index contributed by atoms with van der Waals surface area (Å²) in [5, 5.41) is 8.00. The summed E-state index contributed by atoms with van der Waals surface area (Å²) in [5.74, 6) is 1.25. The minimum atomic E-state index is -0.0909. The number of carbonyl (C=O) groups is 1. The molecule has 0 unspecified atom stereocenters. The molecule has 0 N–H and O–H groups in total. The molecule has 3 rings (SSSR count). The number of ether oxygens (including phenoxy) is 1. The molecule has 8 nitrogen and oxygen atoms in total. The van der Waals surface area contributed by atoms with Crippen LogP contribution < -0.4 is 0 Å². The van der Waals surface area contributed by atoms with Crippen molar-refractivity contribution in [2.75, 3.05) is 20.8 Å². The van der Waals surface area contributed by atoms with E-state index in [0.29, 0.717) is 36.9 Å². The fourth-order valence-electron chi connectivity index (χ4n) is 2.49. The summed E-state index contributed by atoms with van der Waals surface area (Å²) in [4.78, 5) is 22.7. The van der Waals surface area contributed by atoms with Gasteiger partial charge in [0.2, 0.25) is 0 Å². The molecule has 0 aliphatic heterocycles. The maximum atomic E-state index is 12.7. The fourth-order valence-corrected chi connectivity index (χ4v) is 2.49. The molecule has 2 heterocycles. The van der Waals surface area contributed by atoms with Crippen LogP contribution in [0.1, 0.15) is 16.2 Å². The Morgan fingerprint density at radius 2 is 1.92 bits per heavy atom. The standard InChI is InChI=1S/C18H20N6O2/c1-23(12-16-22-21-13-24(16)10-11-26-2)18(25)15-6-4-14(5-7-15)17-19-8-3-9-20-17/h3-9,13H,10-12H2,1-2H3. The average Bonchev–Trinajstić information content (AvgIpc) is 3.13. The number of hydrogen-bond acceptors (Lipinski definition) is 6. The van der Waals surface area contributed by atoms with Gasteiger partial charge >= 0.3 is 0 Å². The van der Waals surface area contributed by atoms with Gasteiger partial charge in [0.25, 0.3) is 5.91 Å². The van der Waals surface area contributed by atoms with Crippen LogP contribution in [-0.2, 0) is 17.8 Å². The number of rotatable bonds is 7. The molecule has 26 heavy (non-hydrogen) atoms. The summed E-state index contributed by atoms with van der Waals surface area (Å²) in [5.41, 5.74) is 1.46. The first-order valence-corrected chi connectivity index (χ1v) is 8.17. The van der Waals surface area contributed by atoms with Crippen LogP contribution >= 0.6 is 0 Å². The minimum absolute atomic E-state index is 0.0909. The number of amides is 1. The fraction of sp³-hybridized carbons (Fsp3) is 0.278. The van der Waals surface area contributed by atoms with Gasteiger partial charge in [-0.25, -0.2) is 9.97 Å². The molecule has 0 aliphatic rings. The molecule has 0 saturated carbocycles. The van der Waals surface area contributed by atoms with Crippen molar-refractivity contribution >= 4 is 5.91 Å². The van der Waals surface area contributed by atoms with E-state index in [1.807, 2.05) is 16.7 Å². The van der Waals surface area contributed by atoms with Gasteiger partial charge in [-0.15, -0.1) is 10.2 Å². The third kappa shape index (κ3) is 4.09. The number of benzene rings is 1. The van der Waals surface area contributed by atoms with Crippen LogP contribution in [0.15, 0.2) is 49.1 Å². The Hall–Kier alpha value is -3.13. The van der Waals surface area contributed by atoms with Crippen molar-refractivity contribution in [1.29, 1.82) is 0 Å². The number of hydrogen-bond donors (Lipinski definition) is 0. The quantitative estimate of drug-likeness (QED) is 0.643. The van der Waals surface area contributed by atoms with Gasteiger partial charge in [-0.1, -0.05) is 12.1 Å². The van der Waals surface area contributed by atoms with E-state index in [-0.39, 0.29) is 5.91 Å². The Kier molecular flexibility index (Phi) is 5.65. The van der Waals surface area contributed by atoms with Crippen LogP contribution in [-0.4, -0.2) is 56.3 Å². The highest BCUT2D eigenvalue weighted by Crippen LogP contribution is 2.16. The van der Waals surface area contributed by atoms with Crippen molar-refractivity contribution in [2.45, 2.75) is 13.1 Å². The Morgan fingerprint density at radius 1 is 1.19 bits per heavy atom. The second-order valence-corrected chi connectivity index (χ2v) is 5.74. The highest BCUT2D eigenvalue weighted by molar-refractivity contribution is 5.94. The number of methoxy groups -OCH3 is 1. The SMILES string of the molecule is COCCn1cnnc1CN(C)C(=O)c1ccc(-c2ncccn2)cc1. The van der Waals surface area contributed by atoms with Crippen LogP contribution in [0.5, 0.6) is 0 Å². The Balaban J connectivity index is 1.68. The summed E-state index contributed by atoms with van der Waals surface area (Å²) < 4.78 is 6.95. The third-order valence-corrected chi connectivity index (χ3v) is 3.91. The van der Waals surface area contributed by atoms with Crippen molar-refractivity contribution in [3.05, 3.63) is 60.4 Å². The van der Waals surface area contributed by atoms with Gasteiger partial charge in [0, 0.05) is 44.2 Å². The molecule has 2 aromatic heterocycles. The highest BCUT2D eigenvalue weighted by Gasteiger charge is 2.15. The largest absolute Gasteiger partial charge is 0.383 e. The van der Waals surface area contributed by atoms with Crippen LogP contribution in [0, 0.1) is 0 Å². The molecule has 0 fully saturated rings. The monoisotopic (exact) mass is 352 g/mol. The highest BCUT2D eigenvalue weighted by atomic mass is 16.5. The van der Waals surface area contributed by atoms with E-state index in [1.165, 1.54) is 0 Å². The van der Waals surface area contributed by atoms with Gasteiger partial charge in [0.05, 0.1) is 13.2 Å². The topological polar surface area (TPSA) is 86.0 Å². The summed E-state index contributed by atoms with van der Waals surface area (Å²) in [6.45, 7) is 1.57. The normalized spacial score (nSPS) is 10.7. The van der Waals surface area contributed by atoms with E-state index in [1.54, 1.807) is 56.0 Å². The van der Waals surface area contributed by atoms with E-state index in [9.17, 15) is 4.79 Å². The molecule has 134 valence electrons. The molecule has 3 aromatic rings. The smallest absolute Gasteiger partial charge is 0.254 e. The van der Waals surface area contributed by atoms with Crippen molar-refractivity contribution < 1.29 is 9.53 Å². The van der Waals surface area contributed by atoms with E-state index in [2.05, 4.69) is 20.2 Å². The molecule has 8 heteroatoms. The summed E-state index contributed by atoms with van der Waals surface area (Å²) in [7, 11) is 3.38. The first-order valence-electron chi connectivity index (χ1n) is 8.17. The zero-order chi connectivity index (χ0) is 18.4. The molecule has 0 saturated heterocycles. The van der Waals surface area contributed by atoms with E-state index >= 15 is 0 Å². The van der Waals surface area contributed by atoms with Gasteiger partial charge in [-0.2, -0.15) is 0 Å². The first-order chi connectivity index (χ1) is 12.7. The van der Waals surface area contributed by atoms with Crippen molar-refractivity contribution in [3.8, 4) is 11.4 Å². The molecule has 1 aromatic carbocycles. The lowest BCUT2D eigenvalue weighted by atomic mass is 10.1. The Morgan fingerprint density at radius 3 is 2.62 bits per heavy atom. The summed E-state index contributed by atoms with van der Waals surface area (Å²) in [6, 6.07) is 9.01. The molecule has 0 aliphatic carbocycles. The van der Waals surface area contributed by atoms with Crippen molar-refractivity contribution in [3.63, 3.8) is 0 Å². The summed E-state index contributed by atoms with van der Waals surface area (Å²) >= 11 is 0. The second-order valence-electron chi connectivity index (χ2n) is 5.74. The Bertz CT molecular complexity index is 848. The zero-order valence-electron chi connectivity index (χ0n) is 14.7. The van der Waals surface area contributed by atoms with Crippen LogP contribution in [0.25, 0.3) is 11.4 Å². The molecule has 0 spiro atoms. The predicted molar refractivity (Wildman–Crippen MR) is 95.2 cm³/mol. The van der Waals surface area contributed by atoms with Crippen molar-refractivity contribution in [1.82, 2.24) is 29.6 Å². The van der Waals surface area contributed by atoms with Gasteiger partial charge in [0.15, 0.2) is 11.6 Å². The predicted octanol–water partition coefficient (Wildman–Crippen LogP) is 1.65. The van der Waals surface area contributed by atoms with Gasteiger partial charge in [-0.3, -0.25) is 4.79 Å². The third-order valence-electron chi connectivity index (χ3n) is 3.91. The molecule has 0 bridgehead atoms. The lowest BCUT2D eigenvalue weighted by Gasteiger charge is -2.17. The van der Waals surface area contributed by atoms with Gasteiger partial charge < -0.3 is 14.2 Å². The maximum Gasteiger partial charge on any atom is 0.254 e. The summed E-state index contributed by atoms with van der Waals surface area (Å²) in [6.07, 6.45) is 5.02. The van der Waals surface area contributed by atoms with Crippen molar-refractivity contribution in [2.24, 2.45) is 0 Å². The Labute approximate surface area is 151 Å². The molecular formula is C18H20N6O2. The average molecular weight is 352 g/mol. The maximum absolute atomic E-state index is 12.7. The zero-order valence-corrected chi connectivity index (χ0v) is 14.7. The molecular weight excluding hydrogens is 332 g/mol. The van der Waals surface area contributed by atoms with E-state index in [0.717, 1.165) is 5.56 Å². The minimum Gasteiger partial charge on any atom is -0.383 e. The number of aromatic nitrogens is 5. The second kappa shape index (κ2) is 8.30. The van der Waals surface area contributed by atoms with Gasteiger partial charge in [0.1, 0.15) is 6.33 Å². The van der Waals surface area contributed by atoms with Crippen LogP contribution in [0.2, 0.25) is 0 Å². The number of carbonyl (C=O) groups excluding carboxylic acids is 1. The molecule has 0 radical (unpaired) electrons. The van der Waals surface area contributed by atoms with E-state index < -0.39 is 0 Å². The lowest BCUT2D eigenvalue weighted by molar-refractivity contribution is 0.0779. The lowest BCUT2D eigenvalue weighted by Crippen LogP contribution is -2.28. The first kappa shape index (κ1) is 17.7. The van der Waals surface area contributed by atoms with Crippen LogP contribution in [0.3, 0.4) is 0 Å². The number of nitrogens with zero attached hydrogens (tertiary/aromatic N) is 6.